The number of hydrogen-bond donors (Lipinski definition) is 1. The predicted octanol–water partition coefficient (Wildman–Crippen LogP) is 2.62. The molecule has 6 heteroatoms. The first-order chi connectivity index (χ1) is 9.29. The van der Waals surface area contributed by atoms with Crippen LogP contribution in [0.5, 0.6) is 0 Å². The highest BCUT2D eigenvalue weighted by Crippen LogP contribution is 2.22. The van der Waals surface area contributed by atoms with Crippen LogP contribution in [-0.4, -0.2) is 22.7 Å². The van der Waals surface area contributed by atoms with E-state index in [1.807, 2.05) is 17.5 Å². The molecule has 2 aromatic heterocycles. The maximum atomic E-state index is 11.2. The van der Waals surface area contributed by atoms with E-state index in [0.29, 0.717) is 6.54 Å². The second-order valence-electron chi connectivity index (χ2n) is 3.62. The van der Waals surface area contributed by atoms with Crippen LogP contribution in [0.25, 0.3) is 10.6 Å². The Labute approximate surface area is 115 Å². The largest absolute Gasteiger partial charge is 0.445 e. The van der Waals surface area contributed by atoms with E-state index in [-0.39, 0.29) is 6.61 Å². The van der Waals surface area contributed by atoms with Crippen molar-refractivity contribution in [3.63, 3.8) is 0 Å². The molecule has 0 aliphatic heterocycles. The summed E-state index contributed by atoms with van der Waals surface area (Å²) in [7, 11) is 0. The Morgan fingerprint density at radius 1 is 1.47 bits per heavy atom. The van der Waals surface area contributed by atoms with Crippen LogP contribution in [0.3, 0.4) is 0 Å². The number of carbonyl (C=O) groups is 1. The zero-order chi connectivity index (χ0) is 13.5. The van der Waals surface area contributed by atoms with Gasteiger partial charge in [0.1, 0.15) is 11.6 Å². The molecule has 0 saturated carbocycles. The van der Waals surface area contributed by atoms with Gasteiger partial charge in [-0.25, -0.2) is 9.78 Å². The lowest BCUT2D eigenvalue weighted by atomic mass is 10.3. The van der Waals surface area contributed by atoms with Crippen molar-refractivity contribution < 1.29 is 9.53 Å². The maximum Gasteiger partial charge on any atom is 0.407 e. The Bertz CT molecular complexity index is 554. The zero-order valence-corrected chi connectivity index (χ0v) is 11.0. The van der Waals surface area contributed by atoms with E-state index in [4.69, 9.17) is 4.74 Å². The summed E-state index contributed by atoms with van der Waals surface area (Å²) in [5, 5.41) is 5.43. The van der Waals surface area contributed by atoms with Crippen molar-refractivity contribution in [3.05, 3.63) is 48.3 Å². The highest BCUT2D eigenvalue weighted by Gasteiger charge is 2.06. The molecule has 0 fully saturated rings. The van der Waals surface area contributed by atoms with Gasteiger partial charge in [0.25, 0.3) is 0 Å². The highest BCUT2D eigenvalue weighted by atomic mass is 32.1. The third kappa shape index (κ3) is 3.89. The summed E-state index contributed by atoms with van der Waals surface area (Å²) in [6.07, 6.45) is 4.49. The van der Waals surface area contributed by atoms with Gasteiger partial charge < -0.3 is 10.1 Å². The fourth-order valence-corrected chi connectivity index (χ4v) is 2.19. The van der Waals surface area contributed by atoms with Gasteiger partial charge >= 0.3 is 6.09 Å². The summed E-state index contributed by atoms with van der Waals surface area (Å²) in [5.74, 6) is 0. The molecule has 19 heavy (non-hydrogen) atoms. The topological polar surface area (TPSA) is 64.1 Å². The molecule has 0 spiro atoms. The molecule has 2 rings (SSSR count). The smallest absolute Gasteiger partial charge is 0.407 e. The summed E-state index contributed by atoms with van der Waals surface area (Å²) >= 11 is 1.52. The number of alkyl carbamates (subject to hydrolysis) is 1. The number of rotatable bonds is 5. The Hall–Kier alpha value is -2.21. The first kappa shape index (κ1) is 13.2. The minimum absolute atomic E-state index is 0.200. The molecule has 2 aromatic rings. The molecule has 0 saturated heterocycles. The molecular weight excluding hydrogens is 262 g/mol. The molecular formula is C13H13N3O2S. The Morgan fingerprint density at radius 3 is 3.00 bits per heavy atom. The van der Waals surface area contributed by atoms with Crippen molar-refractivity contribution in [2.24, 2.45) is 0 Å². The van der Waals surface area contributed by atoms with Crippen molar-refractivity contribution in [1.82, 2.24) is 15.3 Å². The Kier molecular flexibility index (Phi) is 4.63. The van der Waals surface area contributed by atoms with Gasteiger partial charge in [-0.3, -0.25) is 4.98 Å². The summed E-state index contributed by atoms with van der Waals surface area (Å²) in [4.78, 5) is 19.6. The lowest BCUT2D eigenvalue weighted by Crippen LogP contribution is -2.23. The molecule has 98 valence electrons. The quantitative estimate of drug-likeness (QED) is 0.852. The number of nitrogens with zero attached hydrogens (tertiary/aromatic N) is 2. The third-order valence-electron chi connectivity index (χ3n) is 2.23. The molecule has 5 nitrogen and oxygen atoms in total. The molecule has 0 unspecified atom stereocenters. The minimum Gasteiger partial charge on any atom is -0.445 e. The summed E-state index contributed by atoms with van der Waals surface area (Å²) < 4.78 is 4.80. The molecule has 2 heterocycles. The molecule has 0 radical (unpaired) electrons. The fraction of sp³-hybridized carbons (Fsp3) is 0.154. The lowest BCUT2D eigenvalue weighted by molar-refractivity contribution is 0.157. The monoisotopic (exact) mass is 275 g/mol. The summed E-state index contributed by atoms with van der Waals surface area (Å²) in [5.41, 5.74) is 1.81. The lowest BCUT2D eigenvalue weighted by Gasteiger charge is -2.02. The molecule has 0 atom stereocenters. The van der Waals surface area contributed by atoms with Gasteiger partial charge in [-0.2, -0.15) is 0 Å². The summed E-state index contributed by atoms with van der Waals surface area (Å²) in [6, 6.07) is 3.79. The zero-order valence-electron chi connectivity index (χ0n) is 10.2. The molecule has 0 aliphatic rings. The molecule has 0 bridgehead atoms. The molecule has 1 N–H and O–H groups in total. The number of amides is 1. The van der Waals surface area contributed by atoms with Gasteiger partial charge in [-0.05, 0) is 12.1 Å². The maximum absolute atomic E-state index is 11.2. The first-order valence-electron chi connectivity index (χ1n) is 5.66. The number of ether oxygens (including phenoxy) is 1. The van der Waals surface area contributed by atoms with Gasteiger partial charge in [0.2, 0.25) is 0 Å². The fourth-order valence-electron chi connectivity index (χ4n) is 1.36. The molecule has 0 aromatic carbocycles. The van der Waals surface area contributed by atoms with Crippen LogP contribution in [0.1, 0.15) is 5.69 Å². The van der Waals surface area contributed by atoms with E-state index >= 15 is 0 Å². The average Bonchev–Trinajstić information content (AvgIpc) is 2.93. The average molecular weight is 275 g/mol. The van der Waals surface area contributed by atoms with E-state index in [1.165, 1.54) is 17.4 Å². The summed E-state index contributed by atoms with van der Waals surface area (Å²) in [6.45, 7) is 4.01. The van der Waals surface area contributed by atoms with Gasteiger partial charge in [-0.1, -0.05) is 12.7 Å². The normalized spacial score (nSPS) is 9.89. The molecule has 1 amide bonds. The van der Waals surface area contributed by atoms with Crippen molar-refractivity contribution in [2.45, 2.75) is 6.54 Å². The van der Waals surface area contributed by atoms with Crippen LogP contribution >= 0.6 is 11.3 Å². The number of pyridine rings is 1. The van der Waals surface area contributed by atoms with Gasteiger partial charge in [0, 0.05) is 23.3 Å². The van der Waals surface area contributed by atoms with E-state index < -0.39 is 6.09 Å². The van der Waals surface area contributed by atoms with Crippen LogP contribution < -0.4 is 5.32 Å². The predicted molar refractivity (Wildman–Crippen MR) is 73.7 cm³/mol. The van der Waals surface area contributed by atoms with Gasteiger partial charge in [0.05, 0.1) is 12.2 Å². The number of thiazole rings is 1. The molecule has 0 aliphatic carbocycles. The van der Waals surface area contributed by atoms with E-state index in [2.05, 4.69) is 21.9 Å². The van der Waals surface area contributed by atoms with Crippen LogP contribution in [0.4, 0.5) is 4.79 Å². The highest BCUT2D eigenvalue weighted by molar-refractivity contribution is 7.13. The van der Waals surface area contributed by atoms with Crippen molar-refractivity contribution in [2.75, 3.05) is 6.61 Å². The van der Waals surface area contributed by atoms with Gasteiger partial charge in [-0.15, -0.1) is 11.3 Å². The van der Waals surface area contributed by atoms with Crippen LogP contribution in [0, 0.1) is 0 Å². The van der Waals surface area contributed by atoms with Crippen molar-refractivity contribution in [3.8, 4) is 10.6 Å². The third-order valence-corrected chi connectivity index (χ3v) is 3.17. The second kappa shape index (κ2) is 6.65. The second-order valence-corrected chi connectivity index (χ2v) is 4.48. The number of nitrogens with one attached hydrogen (secondary N) is 1. The van der Waals surface area contributed by atoms with Crippen molar-refractivity contribution in [1.29, 1.82) is 0 Å². The van der Waals surface area contributed by atoms with Crippen LogP contribution in [-0.2, 0) is 11.3 Å². The number of aromatic nitrogens is 2. The minimum atomic E-state index is -0.474. The van der Waals surface area contributed by atoms with Crippen LogP contribution in [0.2, 0.25) is 0 Å². The standard InChI is InChI=1S/C13H13N3O2S/c1-2-7-18-13(17)15-8-11-9-19-12(16-11)10-3-5-14-6-4-10/h2-6,9H,1,7-8H2,(H,15,17). The SMILES string of the molecule is C=CCOC(=O)NCc1csc(-c2ccncc2)n1. The first-order valence-corrected chi connectivity index (χ1v) is 6.54. The Balaban J connectivity index is 1.91. The van der Waals surface area contributed by atoms with E-state index in [1.54, 1.807) is 12.4 Å². The Morgan fingerprint density at radius 2 is 2.26 bits per heavy atom. The van der Waals surface area contributed by atoms with E-state index in [9.17, 15) is 4.79 Å². The van der Waals surface area contributed by atoms with E-state index in [0.717, 1.165) is 16.3 Å². The van der Waals surface area contributed by atoms with Crippen molar-refractivity contribution >= 4 is 17.4 Å². The van der Waals surface area contributed by atoms with Gasteiger partial charge in [0.15, 0.2) is 0 Å². The number of carbonyl (C=O) groups excluding carboxylic acids is 1. The number of hydrogen-bond acceptors (Lipinski definition) is 5. The van der Waals surface area contributed by atoms with Crippen LogP contribution in [0.15, 0.2) is 42.6 Å².